The molecule has 2 aromatic rings. The van der Waals surface area contributed by atoms with Crippen LogP contribution in [0.4, 0.5) is 10.1 Å². The molecule has 0 fully saturated rings. The summed E-state index contributed by atoms with van der Waals surface area (Å²) in [4.78, 5) is 24.4. The first-order valence-electron chi connectivity index (χ1n) is 8.66. The first-order chi connectivity index (χ1) is 13.5. The quantitative estimate of drug-likeness (QED) is 0.806. The molecule has 0 spiro atoms. The van der Waals surface area contributed by atoms with Crippen molar-refractivity contribution in [3.63, 3.8) is 0 Å². The fraction of sp³-hybridized carbons (Fsp3) is 0.190. The number of nitriles is 1. The smallest absolute Gasteiger partial charge is 0.234 e. The lowest BCUT2D eigenvalue weighted by molar-refractivity contribution is -0.121. The summed E-state index contributed by atoms with van der Waals surface area (Å²) in [5.74, 6) is -1.68. The molecule has 5 nitrogen and oxygen atoms in total. The first-order valence-corrected chi connectivity index (χ1v) is 9.65. The van der Waals surface area contributed by atoms with Crippen molar-refractivity contribution in [2.45, 2.75) is 19.3 Å². The fourth-order valence-corrected chi connectivity index (χ4v) is 3.87. The lowest BCUT2D eigenvalue weighted by Crippen LogP contribution is -2.31. The van der Waals surface area contributed by atoms with Crippen LogP contribution in [0.3, 0.4) is 0 Å². The molecule has 3 rings (SSSR count). The van der Waals surface area contributed by atoms with Crippen molar-refractivity contribution in [1.82, 2.24) is 5.32 Å². The summed E-state index contributed by atoms with van der Waals surface area (Å²) in [6.45, 7) is 1.89. The second kappa shape index (κ2) is 8.72. The van der Waals surface area contributed by atoms with Crippen molar-refractivity contribution in [2.24, 2.45) is 0 Å². The highest BCUT2D eigenvalue weighted by atomic mass is 32.2. The first kappa shape index (κ1) is 19.6. The standard InChI is InChI=1S/C21H18FN3O2S/c1-13-6-2-5-9-18(13)24-20(27)12-28-21-16(11-23)15(10-19(26)25-21)14-7-3-4-8-17(14)22/h2-9,15H,10,12H2,1H3,(H,24,27)(H,25,26)/t15-/m1/s1. The molecule has 0 aromatic heterocycles. The Morgan fingerprint density at radius 2 is 2.00 bits per heavy atom. The summed E-state index contributed by atoms with van der Waals surface area (Å²) >= 11 is 1.06. The highest BCUT2D eigenvalue weighted by Gasteiger charge is 2.31. The average Bonchev–Trinajstić information content (AvgIpc) is 2.68. The number of thioether (sulfide) groups is 1. The molecule has 0 radical (unpaired) electrons. The summed E-state index contributed by atoms with van der Waals surface area (Å²) < 4.78 is 14.2. The van der Waals surface area contributed by atoms with Gasteiger partial charge in [0.05, 0.1) is 22.4 Å². The van der Waals surface area contributed by atoms with Crippen LogP contribution in [0.5, 0.6) is 0 Å². The molecule has 0 saturated carbocycles. The number of carbonyl (C=O) groups excluding carboxylic acids is 2. The zero-order chi connectivity index (χ0) is 20.1. The van der Waals surface area contributed by atoms with Gasteiger partial charge in [0.2, 0.25) is 11.8 Å². The van der Waals surface area contributed by atoms with E-state index in [9.17, 15) is 19.2 Å². The number of amides is 2. The lowest BCUT2D eigenvalue weighted by Gasteiger charge is -2.25. The molecule has 2 amide bonds. The molecule has 142 valence electrons. The number of hydrogen-bond donors (Lipinski definition) is 2. The minimum atomic E-state index is -0.665. The third-order valence-corrected chi connectivity index (χ3v) is 5.42. The Morgan fingerprint density at radius 3 is 2.71 bits per heavy atom. The van der Waals surface area contributed by atoms with Crippen molar-refractivity contribution in [3.8, 4) is 6.07 Å². The summed E-state index contributed by atoms with van der Waals surface area (Å²) in [5.41, 5.74) is 2.21. The highest BCUT2D eigenvalue weighted by Crippen LogP contribution is 2.36. The van der Waals surface area contributed by atoms with Crippen LogP contribution >= 0.6 is 11.8 Å². The second-order valence-electron chi connectivity index (χ2n) is 6.33. The Kier molecular flexibility index (Phi) is 6.12. The molecule has 2 N–H and O–H groups in total. The summed E-state index contributed by atoms with van der Waals surface area (Å²) in [6.07, 6.45) is -0.0106. The van der Waals surface area contributed by atoms with Gasteiger partial charge in [0, 0.05) is 18.0 Å². The van der Waals surface area contributed by atoms with Crippen LogP contribution in [0.15, 0.2) is 59.1 Å². The monoisotopic (exact) mass is 395 g/mol. The predicted octanol–water partition coefficient (Wildman–Crippen LogP) is 3.84. The number of carbonyl (C=O) groups is 2. The maximum Gasteiger partial charge on any atom is 0.234 e. The molecule has 0 bridgehead atoms. The van der Waals surface area contributed by atoms with Gasteiger partial charge >= 0.3 is 0 Å². The van der Waals surface area contributed by atoms with E-state index in [1.807, 2.05) is 25.1 Å². The van der Waals surface area contributed by atoms with Gasteiger partial charge in [0.1, 0.15) is 5.82 Å². The maximum atomic E-state index is 14.2. The number of nitrogens with zero attached hydrogens (tertiary/aromatic N) is 1. The Morgan fingerprint density at radius 1 is 1.29 bits per heavy atom. The highest BCUT2D eigenvalue weighted by molar-refractivity contribution is 8.03. The largest absolute Gasteiger partial charge is 0.325 e. The van der Waals surface area contributed by atoms with E-state index in [1.54, 1.807) is 24.3 Å². The van der Waals surface area contributed by atoms with Crippen molar-refractivity contribution >= 4 is 29.3 Å². The van der Waals surface area contributed by atoms with Gasteiger partial charge in [-0.25, -0.2) is 4.39 Å². The van der Waals surface area contributed by atoms with Gasteiger partial charge in [0.25, 0.3) is 0 Å². The van der Waals surface area contributed by atoms with E-state index in [1.165, 1.54) is 6.07 Å². The van der Waals surface area contributed by atoms with Gasteiger partial charge in [-0.2, -0.15) is 5.26 Å². The van der Waals surface area contributed by atoms with Crippen LogP contribution in [0, 0.1) is 24.1 Å². The van der Waals surface area contributed by atoms with E-state index >= 15 is 0 Å². The molecule has 0 saturated heterocycles. The third kappa shape index (κ3) is 4.41. The number of rotatable bonds is 5. The number of anilines is 1. The molecule has 28 heavy (non-hydrogen) atoms. The van der Waals surface area contributed by atoms with E-state index in [0.717, 1.165) is 17.3 Å². The van der Waals surface area contributed by atoms with Crippen LogP contribution in [-0.4, -0.2) is 17.6 Å². The Hall–Kier alpha value is -3.11. The fourth-order valence-electron chi connectivity index (χ4n) is 2.99. The van der Waals surface area contributed by atoms with Crippen LogP contribution in [-0.2, 0) is 9.59 Å². The third-order valence-electron chi connectivity index (χ3n) is 4.40. The van der Waals surface area contributed by atoms with E-state index in [4.69, 9.17) is 0 Å². The van der Waals surface area contributed by atoms with Gasteiger partial charge < -0.3 is 10.6 Å². The molecule has 7 heteroatoms. The normalized spacial score (nSPS) is 16.3. The molecule has 0 unspecified atom stereocenters. The van der Waals surface area contributed by atoms with E-state index < -0.39 is 11.7 Å². The van der Waals surface area contributed by atoms with Crippen LogP contribution in [0.2, 0.25) is 0 Å². The van der Waals surface area contributed by atoms with Gasteiger partial charge in [-0.05, 0) is 30.2 Å². The lowest BCUT2D eigenvalue weighted by atomic mass is 9.87. The maximum absolute atomic E-state index is 14.2. The van der Waals surface area contributed by atoms with Gasteiger partial charge in [0.15, 0.2) is 0 Å². The number of aryl methyl sites for hydroxylation is 1. The Balaban J connectivity index is 1.78. The van der Waals surface area contributed by atoms with Gasteiger partial charge in [-0.15, -0.1) is 0 Å². The molecule has 2 aromatic carbocycles. The zero-order valence-electron chi connectivity index (χ0n) is 15.2. The SMILES string of the molecule is Cc1ccccc1NC(=O)CSC1=C(C#N)[C@@H](c2ccccc2F)CC(=O)N1. The number of allylic oxidation sites excluding steroid dienone is 1. The molecular formula is C21H18FN3O2S. The van der Waals surface area contributed by atoms with Gasteiger partial charge in [-0.3, -0.25) is 9.59 Å². The zero-order valence-corrected chi connectivity index (χ0v) is 16.0. The molecule has 1 heterocycles. The van der Waals surface area contributed by atoms with Crippen molar-refractivity contribution in [2.75, 3.05) is 11.1 Å². The summed E-state index contributed by atoms with van der Waals surface area (Å²) in [5, 5.41) is 15.4. The van der Waals surface area contributed by atoms with E-state index in [2.05, 4.69) is 16.7 Å². The summed E-state index contributed by atoms with van der Waals surface area (Å²) in [7, 11) is 0. The second-order valence-corrected chi connectivity index (χ2v) is 7.32. The minimum absolute atomic E-state index is 0.0106. The molecular weight excluding hydrogens is 377 g/mol. The van der Waals surface area contributed by atoms with Crippen LogP contribution in [0.25, 0.3) is 0 Å². The molecule has 1 atom stereocenters. The number of nitrogens with one attached hydrogen (secondary N) is 2. The van der Waals surface area contributed by atoms with E-state index in [0.29, 0.717) is 16.3 Å². The Labute approximate surface area is 166 Å². The number of benzene rings is 2. The molecule has 1 aliphatic heterocycles. The van der Waals surface area contributed by atoms with Crippen LogP contribution in [0.1, 0.15) is 23.5 Å². The topological polar surface area (TPSA) is 82.0 Å². The molecule has 1 aliphatic rings. The van der Waals surface area contributed by atoms with E-state index in [-0.39, 0.29) is 29.6 Å². The summed E-state index contributed by atoms with van der Waals surface area (Å²) in [6, 6.07) is 15.6. The number of halogens is 1. The molecule has 0 aliphatic carbocycles. The minimum Gasteiger partial charge on any atom is -0.325 e. The van der Waals surface area contributed by atoms with Crippen molar-refractivity contribution < 1.29 is 14.0 Å². The average molecular weight is 395 g/mol. The predicted molar refractivity (Wildman–Crippen MR) is 107 cm³/mol. The number of hydrogen-bond acceptors (Lipinski definition) is 4. The number of para-hydroxylation sites is 1. The van der Waals surface area contributed by atoms with Crippen LogP contribution < -0.4 is 10.6 Å². The van der Waals surface area contributed by atoms with Crippen molar-refractivity contribution in [3.05, 3.63) is 76.1 Å². The Bertz CT molecular complexity index is 997. The van der Waals surface area contributed by atoms with Gasteiger partial charge in [-0.1, -0.05) is 48.2 Å². The van der Waals surface area contributed by atoms with Crippen molar-refractivity contribution in [1.29, 1.82) is 5.26 Å².